The van der Waals surface area contributed by atoms with Crippen LogP contribution in [0.1, 0.15) is 12.1 Å². The third-order valence-electron chi connectivity index (χ3n) is 2.47. The molecule has 0 fully saturated rings. The van der Waals surface area contributed by atoms with E-state index >= 15 is 0 Å². The van der Waals surface area contributed by atoms with Gasteiger partial charge in [-0.1, -0.05) is 47.0 Å². The Hall–Kier alpha value is -1.73. The average molecular weight is 311 g/mol. The Bertz CT molecular complexity index is 607. The lowest BCUT2D eigenvalue weighted by Crippen LogP contribution is -2.24. The lowest BCUT2D eigenvalue weighted by Gasteiger charge is -2.05. The summed E-state index contributed by atoms with van der Waals surface area (Å²) in [6.07, 6.45) is -0.619. The van der Waals surface area contributed by atoms with Crippen LogP contribution in [0.5, 0.6) is 0 Å². The van der Waals surface area contributed by atoms with E-state index in [9.17, 15) is 8.78 Å². The van der Waals surface area contributed by atoms with Crippen molar-refractivity contribution in [3.8, 4) is 10.4 Å². The second kappa shape index (κ2) is 7.16. The van der Waals surface area contributed by atoms with Crippen LogP contribution < -0.4 is 5.32 Å². The van der Waals surface area contributed by atoms with Gasteiger partial charge in [0.1, 0.15) is 10.7 Å². The van der Waals surface area contributed by atoms with Crippen LogP contribution in [0.4, 0.5) is 8.78 Å². The molecule has 0 aliphatic carbocycles. The molecule has 1 N–H and O–H groups in total. The van der Waals surface area contributed by atoms with Crippen LogP contribution >= 0.6 is 23.8 Å². The maximum absolute atomic E-state index is 11.9. The number of thiocarbonyl (C=S) groups is 1. The van der Waals surface area contributed by atoms with E-state index in [1.807, 2.05) is 30.3 Å². The van der Waals surface area contributed by atoms with Crippen LogP contribution in [0.3, 0.4) is 0 Å². The Morgan fingerprint density at radius 1 is 1.30 bits per heavy atom. The molecule has 20 heavy (non-hydrogen) atoms. The molecule has 0 bridgehead atoms. The number of hydrogen-bond donors (Lipinski definition) is 1. The highest BCUT2D eigenvalue weighted by Crippen LogP contribution is 2.25. The summed E-state index contributed by atoms with van der Waals surface area (Å²) in [6.45, 7) is 0.335. The Labute approximate surface area is 124 Å². The van der Waals surface area contributed by atoms with Gasteiger partial charge in [0.2, 0.25) is 0 Å². The van der Waals surface area contributed by atoms with Crippen LogP contribution in [0.2, 0.25) is 0 Å². The summed E-state index contributed by atoms with van der Waals surface area (Å²) in [4.78, 5) is 1.29. The number of halogens is 2. The summed E-state index contributed by atoms with van der Waals surface area (Å²) in [5.74, 6) is 0. The van der Waals surface area contributed by atoms with Gasteiger partial charge in [-0.25, -0.2) is 0 Å². The molecule has 0 radical (unpaired) electrons. The minimum Gasteiger partial charge on any atom is -0.374 e. The highest BCUT2D eigenvalue weighted by atomic mass is 32.1. The molecule has 0 unspecified atom stereocenters. The summed E-state index contributed by atoms with van der Waals surface area (Å²) in [6, 6.07) is 9.66. The highest BCUT2D eigenvalue weighted by molar-refractivity contribution is 7.80. The first-order valence-electron chi connectivity index (χ1n) is 5.85. The Morgan fingerprint density at radius 2 is 2.05 bits per heavy atom. The fourth-order valence-electron chi connectivity index (χ4n) is 1.57. The minimum atomic E-state index is -1.68. The van der Waals surface area contributed by atoms with E-state index in [2.05, 4.69) is 14.9 Å². The first-order chi connectivity index (χ1) is 9.68. The van der Waals surface area contributed by atoms with Crippen molar-refractivity contribution in [2.45, 2.75) is 6.42 Å². The summed E-state index contributed by atoms with van der Waals surface area (Å²) in [5.41, 5.74) is 1.57. The fraction of sp³-hybridized carbons (Fsp3) is 0.154. The van der Waals surface area contributed by atoms with E-state index in [-0.39, 0.29) is 6.42 Å². The number of nitrogens with one attached hydrogen (secondary N) is 1. The topological polar surface area (TPSA) is 37.8 Å². The molecule has 0 saturated carbocycles. The maximum Gasteiger partial charge on any atom is 0.266 e. The molecule has 0 atom stereocenters. The van der Waals surface area contributed by atoms with Gasteiger partial charge in [0, 0.05) is 6.54 Å². The average Bonchev–Trinajstić information content (AvgIpc) is 2.93. The van der Waals surface area contributed by atoms with E-state index in [0.717, 1.165) is 16.5 Å². The lowest BCUT2D eigenvalue weighted by atomic mass is 10.1. The molecule has 1 aromatic heterocycles. The Balaban J connectivity index is 2.05. The lowest BCUT2D eigenvalue weighted by molar-refractivity contribution is 0.417. The molecule has 0 aliphatic heterocycles. The Morgan fingerprint density at radius 3 is 2.75 bits per heavy atom. The smallest absolute Gasteiger partial charge is 0.266 e. The zero-order valence-electron chi connectivity index (χ0n) is 10.3. The predicted molar refractivity (Wildman–Crippen MR) is 80.0 cm³/mol. The molecular formula is C13H11F2N3S2. The fourth-order valence-corrected chi connectivity index (χ4v) is 2.55. The molecule has 0 amide bonds. The van der Waals surface area contributed by atoms with Crippen molar-refractivity contribution in [1.82, 2.24) is 14.9 Å². The maximum atomic E-state index is 11.9. The second-order valence-electron chi connectivity index (χ2n) is 3.86. The molecule has 0 saturated heterocycles. The van der Waals surface area contributed by atoms with Crippen molar-refractivity contribution in [2.24, 2.45) is 0 Å². The largest absolute Gasteiger partial charge is 0.374 e. The number of nitrogens with zero attached hydrogens (tertiary/aromatic N) is 2. The molecule has 104 valence electrons. The van der Waals surface area contributed by atoms with Crippen LogP contribution in [0.25, 0.3) is 10.4 Å². The second-order valence-corrected chi connectivity index (χ2v) is 5.02. The van der Waals surface area contributed by atoms with Gasteiger partial charge in [-0.15, -0.1) is 5.10 Å². The molecule has 2 aromatic rings. The number of hydrogen-bond acceptors (Lipinski definition) is 4. The molecule has 0 spiro atoms. The Kier molecular flexibility index (Phi) is 5.25. The minimum absolute atomic E-state index is 0.209. The van der Waals surface area contributed by atoms with Crippen molar-refractivity contribution in [3.63, 3.8) is 0 Å². The monoisotopic (exact) mass is 311 g/mol. The SMILES string of the molecule is FC(F)=CCCNC(=S)c1nnsc1-c1ccccc1. The van der Waals surface area contributed by atoms with Gasteiger partial charge < -0.3 is 5.32 Å². The predicted octanol–water partition coefficient (Wildman–Crippen LogP) is 3.64. The third kappa shape index (κ3) is 3.88. The summed E-state index contributed by atoms with van der Waals surface area (Å²) < 4.78 is 27.7. The van der Waals surface area contributed by atoms with Gasteiger partial charge in [0.15, 0.2) is 0 Å². The van der Waals surface area contributed by atoms with E-state index in [1.165, 1.54) is 11.5 Å². The van der Waals surface area contributed by atoms with Crippen LogP contribution in [0, 0.1) is 0 Å². The summed E-state index contributed by atoms with van der Waals surface area (Å²) in [5, 5.41) is 6.92. The van der Waals surface area contributed by atoms with Crippen LogP contribution in [0.15, 0.2) is 42.5 Å². The first-order valence-corrected chi connectivity index (χ1v) is 7.04. The van der Waals surface area contributed by atoms with Gasteiger partial charge in [0.05, 0.1) is 4.88 Å². The molecule has 7 heteroatoms. The summed E-state index contributed by atoms with van der Waals surface area (Å²) >= 11 is 6.48. The first kappa shape index (κ1) is 14.7. The van der Waals surface area contributed by atoms with Crippen molar-refractivity contribution < 1.29 is 8.78 Å². The van der Waals surface area contributed by atoms with Gasteiger partial charge in [-0.3, -0.25) is 0 Å². The normalized spacial score (nSPS) is 10.1. The quantitative estimate of drug-likeness (QED) is 0.676. The van der Waals surface area contributed by atoms with Gasteiger partial charge in [0.25, 0.3) is 6.08 Å². The molecule has 1 heterocycles. The number of benzene rings is 1. The third-order valence-corrected chi connectivity index (χ3v) is 3.58. The molecule has 3 nitrogen and oxygen atoms in total. The van der Waals surface area contributed by atoms with E-state index < -0.39 is 6.08 Å². The van der Waals surface area contributed by atoms with Crippen molar-refractivity contribution in [3.05, 3.63) is 48.2 Å². The van der Waals surface area contributed by atoms with E-state index in [4.69, 9.17) is 12.2 Å². The van der Waals surface area contributed by atoms with Gasteiger partial charge >= 0.3 is 0 Å². The van der Waals surface area contributed by atoms with Crippen molar-refractivity contribution >= 4 is 28.7 Å². The zero-order valence-corrected chi connectivity index (χ0v) is 12.0. The summed E-state index contributed by atoms with van der Waals surface area (Å²) in [7, 11) is 0. The van der Waals surface area contributed by atoms with Gasteiger partial charge in [-0.05, 0) is 29.6 Å². The zero-order chi connectivity index (χ0) is 14.4. The standard InChI is InChI=1S/C13H11F2N3S2/c14-10(15)7-4-8-16-13(19)11-12(20-18-17-11)9-5-2-1-3-6-9/h1-3,5-7H,4,8H2,(H,16,19). The molecular weight excluding hydrogens is 300 g/mol. The van der Waals surface area contributed by atoms with E-state index in [1.54, 1.807) is 0 Å². The van der Waals surface area contributed by atoms with Crippen molar-refractivity contribution in [2.75, 3.05) is 6.54 Å². The van der Waals surface area contributed by atoms with Crippen LogP contribution in [-0.4, -0.2) is 21.1 Å². The molecule has 0 aliphatic rings. The van der Waals surface area contributed by atoms with Gasteiger partial charge in [-0.2, -0.15) is 8.78 Å². The van der Waals surface area contributed by atoms with Crippen LogP contribution in [-0.2, 0) is 0 Å². The highest BCUT2D eigenvalue weighted by Gasteiger charge is 2.14. The molecule has 2 rings (SSSR count). The van der Waals surface area contributed by atoms with E-state index in [0.29, 0.717) is 17.2 Å². The van der Waals surface area contributed by atoms with Crippen molar-refractivity contribution in [1.29, 1.82) is 0 Å². The molecule has 1 aromatic carbocycles. The number of rotatable bonds is 5. The number of aromatic nitrogens is 2.